The lowest BCUT2D eigenvalue weighted by Gasteiger charge is -2.41. The molecule has 2 aromatic rings. The van der Waals surface area contributed by atoms with Gasteiger partial charge in [-0.15, -0.1) is 0 Å². The molecular weight excluding hydrogens is 634 g/mol. The number of hydrogen-bond acceptors (Lipinski definition) is 5. The van der Waals surface area contributed by atoms with E-state index in [1.165, 1.54) is 0 Å². The molecule has 4 rings (SSSR count). The van der Waals surface area contributed by atoms with Crippen molar-refractivity contribution in [1.29, 1.82) is 0 Å². The van der Waals surface area contributed by atoms with E-state index in [1.807, 2.05) is 24.3 Å². The van der Waals surface area contributed by atoms with Gasteiger partial charge < -0.3 is 19.8 Å². The van der Waals surface area contributed by atoms with Crippen LogP contribution in [-0.4, -0.2) is 69.1 Å². The first-order chi connectivity index (χ1) is 15.4. The summed E-state index contributed by atoms with van der Waals surface area (Å²) in [5, 5.41) is 9.52. The Hall–Kier alpha value is -1.76. The maximum absolute atomic E-state index is 12.9. The van der Waals surface area contributed by atoms with Crippen molar-refractivity contribution >= 4 is 74.1 Å². The zero-order valence-corrected chi connectivity index (χ0v) is 22.1. The van der Waals surface area contributed by atoms with Gasteiger partial charge in [-0.25, -0.2) is 4.79 Å². The minimum Gasteiger partial charge on any atom is -0.508 e. The number of piperazine rings is 1. The van der Waals surface area contributed by atoms with Crippen LogP contribution in [0, 0.1) is 0 Å². The number of phenols is 1. The summed E-state index contributed by atoms with van der Waals surface area (Å²) in [5.41, 5.74) is 3.12. The molecule has 1 N–H and O–H groups in total. The lowest BCUT2D eigenvalue weighted by Crippen LogP contribution is -2.50. The molecule has 2 amide bonds. The Bertz CT molecular complexity index is 970. The number of ketones is 1. The van der Waals surface area contributed by atoms with Crippen LogP contribution in [0.15, 0.2) is 48.5 Å². The Morgan fingerprint density at radius 2 is 1.62 bits per heavy atom. The van der Waals surface area contributed by atoms with E-state index in [9.17, 15) is 14.7 Å². The fourth-order valence-electron chi connectivity index (χ4n) is 4.25. The summed E-state index contributed by atoms with van der Waals surface area (Å²) < 4.78 is 0.906. The number of aromatic hydroxyl groups is 1. The number of carbonyl (C=O) groups excluding carboxylic acids is 2. The summed E-state index contributed by atoms with van der Waals surface area (Å²) >= 11 is 4.64. The summed E-state index contributed by atoms with van der Waals surface area (Å²) in [6.45, 7) is 5.39. The van der Waals surface area contributed by atoms with Gasteiger partial charge in [-0.1, -0.05) is 45.2 Å². The average Bonchev–Trinajstić information content (AvgIpc) is 3.16. The second-order valence-electron chi connectivity index (χ2n) is 8.02. The molecule has 9 heteroatoms. The van der Waals surface area contributed by atoms with Gasteiger partial charge >= 0.3 is 6.03 Å². The van der Waals surface area contributed by atoms with Gasteiger partial charge in [0, 0.05) is 54.2 Å². The fraction of sp³-hybridized carbons (Fsp3) is 0.391. The maximum Gasteiger partial charge on any atom is 0.325 e. The number of alkyl halides is 2. The van der Waals surface area contributed by atoms with Gasteiger partial charge in [0.15, 0.2) is 5.78 Å². The minimum atomic E-state index is -0.350. The number of hydrogen-bond donors (Lipinski definition) is 1. The number of amides is 2. The number of anilines is 3. The van der Waals surface area contributed by atoms with Crippen LogP contribution >= 0.6 is 45.2 Å². The molecule has 2 aliphatic rings. The highest BCUT2D eigenvalue weighted by molar-refractivity contribution is 14.1. The normalized spacial score (nSPS) is 20.1. The SMILES string of the molecule is CC(=O)C(CI)N1CCN(c2ccc(N3CCN(c4ccc(O)cc4)CC3I)cc2)C1=O. The Kier molecular flexibility index (Phi) is 7.33. The summed E-state index contributed by atoms with van der Waals surface area (Å²) in [6.07, 6.45) is 0. The van der Waals surface area contributed by atoms with Gasteiger partial charge in [-0.3, -0.25) is 9.69 Å². The zero-order valence-electron chi connectivity index (χ0n) is 17.8. The number of nitrogens with zero attached hydrogens (tertiary/aromatic N) is 4. The smallest absolute Gasteiger partial charge is 0.325 e. The molecule has 0 radical (unpaired) electrons. The van der Waals surface area contributed by atoms with Crippen molar-refractivity contribution in [2.24, 2.45) is 0 Å². The molecule has 0 aromatic heterocycles. The predicted octanol–water partition coefficient (Wildman–Crippen LogP) is 4.11. The number of urea groups is 1. The monoisotopic (exact) mass is 660 g/mol. The fourth-order valence-corrected chi connectivity index (χ4v) is 6.42. The van der Waals surface area contributed by atoms with E-state index >= 15 is 0 Å². The van der Waals surface area contributed by atoms with Gasteiger partial charge in [-0.05, 0) is 55.5 Å². The minimum absolute atomic E-state index is 0.0319. The van der Waals surface area contributed by atoms with E-state index in [2.05, 4.69) is 67.1 Å². The van der Waals surface area contributed by atoms with E-state index in [1.54, 1.807) is 28.9 Å². The molecule has 2 aromatic carbocycles. The first-order valence-corrected chi connectivity index (χ1v) is 13.4. The highest BCUT2D eigenvalue weighted by Gasteiger charge is 2.36. The van der Waals surface area contributed by atoms with Crippen molar-refractivity contribution in [2.75, 3.05) is 51.9 Å². The van der Waals surface area contributed by atoms with E-state index in [0.717, 1.165) is 36.7 Å². The molecule has 170 valence electrons. The third-order valence-corrected chi connectivity index (χ3v) is 7.96. The van der Waals surface area contributed by atoms with Crippen LogP contribution in [-0.2, 0) is 4.79 Å². The number of halogens is 2. The predicted molar refractivity (Wildman–Crippen MR) is 145 cm³/mol. The topological polar surface area (TPSA) is 67.3 Å². The molecule has 0 saturated carbocycles. The summed E-state index contributed by atoms with van der Waals surface area (Å²) in [5.74, 6) is 0.314. The van der Waals surface area contributed by atoms with Gasteiger partial charge in [0.05, 0.1) is 4.05 Å². The molecule has 2 heterocycles. The number of rotatable bonds is 6. The number of benzene rings is 2. The lowest BCUT2D eigenvalue weighted by atomic mass is 10.2. The third kappa shape index (κ3) is 4.78. The quantitative estimate of drug-likeness (QED) is 0.287. The molecule has 2 saturated heterocycles. The zero-order chi connectivity index (χ0) is 22.8. The van der Waals surface area contributed by atoms with Gasteiger partial charge in [-0.2, -0.15) is 0 Å². The second-order valence-corrected chi connectivity index (χ2v) is 10.3. The van der Waals surface area contributed by atoms with Crippen LogP contribution in [0.4, 0.5) is 21.9 Å². The third-order valence-electron chi connectivity index (χ3n) is 6.06. The molecule has 7 nitrogen and oxygen atoms in total. The highest BCUT2D eigenvalue weighted by atomic mass is 127. The van der Waals surface area contributed by atoms with Crippen LogP contribution in [0.25, 0.3) is 0 Å². The summed E-state index contributed by atoms with van der Waals surface area (Å²) in [7, 11) is 0. The molecule has 2 atom stereocenters. The molecule has 0 bridgehead atoms. The molecular formula is C23H26I2N4O3. The molecule has 0 aliphatic carbocycles. The Labute approximate surface area is 215 Å². The molecule has 2 fully saturated rings. The van der Waals surface area contributed by atoms with Crippen LogP contribution in [0.2, 0.25) is 0 Å². The van der Waals surface area contributed by atoms with E-state index in [4.69, 9.17) is 0 Å². The van der Waals surface area contributed by atoms with Gasteiger partial charge in [0.2, 0.25) is 0 Å². The Balaban J connectivity index is 1.41. The number of phenolic OH excluding ortho intramolecular Hbond substituents is 1. The van der Waals surface area contributed by atoms with Gasteiger partial charge in [0.25, 0.3) is 0 Å². The van der Waals surface area contributed by atoms with E-state index in [0.29, 0.717) is 21.6 Å². The van der Waals surface area contributed by atoms with Crippen LogP contribution in [0.1, 0.15) is 6.92 Å². The Morgan fingerprint density at radius 3 is 2.22 bits per heavy atom. The van der Waals surface area contributed by atoms with Crippen LogP contribution in [0.5, 0.6) is 5.75 Å². The van der Waals surface area contributed by atoms with Crippen LogP contribution < -0.4 is 14.7 Å². The van der Waals surface area contributed by atoms with Crippen molar-refractivity contribution in [3.8, 4) is 5.75 Å². The van der Waals surface area contributed by atoms with E-state index < -0.39 is 0 Å². The first-order valence-electron chi connectivity index (χ1n) is 10.6. The highest BCUT2D eigenvalue weighted by Crippen LogP contribution is 2.30. The van der Waals surface area contributed by atoms with Crippen molar-refractivity contribution < 1.29 is 14.7 Å². The van der Waals surface area contributed by atoms with Crippen molar-refractivity contribution in [1.82, 2.24) is 4.90 Å². The van der Waals surface area contributed by atoms with E-state index in [-0.39, 0.29) is 23.6 Å². The molecule has 32 heavy (non-hydrogen) atoms. The largest absolute Gasteiger partial charge is 0.508 e. The lowest BCUT2D eigenvalue weighted by molar-refractivity contribution is -0.120. The Morgan fingerprint density at radius 1 is 1.00 bits per heavy atom. The van der Waals surface area contributed by atoms with Gasteiger partial charge in [0.1, 0.15) is 11.8 Å². The summed E-state index contributed by atoms with van der Waals surface area (Å²) in [4.78, 5) is 33.0. The standard InChI is InChI=1S/C23H26I2N4O3/c1-16(30)21(14-24)29-13-12-28(23(29)32)19-4-2-18(3-5-19)27-11-10-26(15-22(27)25)17-6-8-20(31)9-7-17/h2-9,21-22,31H,10-15H2,1H3. The maximum atomic E-state index is 12.9. The summed E-state index contributed by atoms with van der Waals surface area (Å²) in [6, 6.07) is 15.1. The second kappa shape index (κ2) is 10.0. The van der Waals surface area contributed by atoms with Crippen molar-refractivity contribution in [2.45, 2.75) is 17.0 Å². The molecule has 2 unspecified atom stereocenters. The first kappa shape index (κ1) is 23.4. The molecule has 0 spiro atoms. The van der Waals surface area contributed by atoms with Crippen LogP contribution in [0.3, 0.4) is 0 Å². The average molecular weight is 660 g/mol. The van der Waals surface area contributed by atoms with Crippen molar-refractivity contribution in [3.63, 3.8) is 0 Å². The molecule has 2 aliphatic heterocycles. The number of carbonyl (C=O) groups is 2. The van der Waals surface area contributed by atoms with Crippen molar-refractivity contribution in [3.05, 3.63) is 48.5 Å². The number of Topliss-reactive ketones (excluding diaryl/α,β-unsaturated/α-hetero) is 1.